The highest BCUT2D eigenvalue weighted by Gasteiger charge is 2.28. The van der Waals surface area contributed by atoms with Crippen LogP contribution in [0.3, 0.4) is 0 Å². The van der Waals surface area contributed by atoms with Crippen LogP contribution in [0.1, 0.15) is 48.7 Å². The fraction of sp³-hybridized carbons (Fsp3) is 0.643. The minimum absolute atomic E-state index is 0.0662. The second-order valence-corrected chi connectivity index (χ2v) is 7.40. The molecule has 2 heterocycles. The molecule has 4 heteroatoms. The molecule has 0 spiro atoms. The Bertz CT molecular complexity index is 429. The van der Waals surface area contributed by atoms with Crippen molar-refractivity contribution in [2.45, 2.75) is 44.4 Å². The van der Waals surface area contributed by atoms with Gasteiger partial charge in [-0.05, 0) is 30.4 Å². The maximum atomic E-state index is 12.2. The van der Waals surface area contributed by atoms with Crippen LogP contribution in [-0.2, 0) is 10.2 Å². The van der Waals surface area contributed by atoms with Gasteiger partial charge in [0.05, 0.1) is 0 Å². The summed E-state index contributed by atoms with van der Waals surface area (Å²) >= 11 is 7.97. The van der Waals surface area contributed by atoms with E-state index in [2.05, 4.69) is 26.8 Å². The number of hydrogen-bond acceptors (Lipinski definition) is 2. The number of hydrogen-bond donors (Lipinski definition) is 0. The van der Waals surface area contributed by atoms with Gasteiger partial charge in [0.15, 0.2) is 0 Å². The van der Waals surface area contributed by atoms with Gasteiger partial charge in [-0.25, -0.2) is 0 Å². The van der Waals surface area contributed by atoms with Crippen molar-refractivity contribution in [3.8, 4) is 0 Å². The Morgan fingerprint density at radius 1 is 1.33 bits per heavy atom. The van der Waals surface area contributed by atoms with E-state index in [0.717, 1.165) is 30.8 Å². The molecule has 1 aromatic rings. The summed E-state index contributed by atoms with van der Waals surface area (Å²) in [7, 11) is 0. The second kappa shape index (κ2) is 5.22. The van der Waals surface area contributed by atoms with Gasteiger partial charge in [-0.3, -0.25) is 4.79 Å². The van der Waals surface area contributed by atoms with Crippen molar-refractivity contribution in [2.24, 2.45) is 0 Å². The first-order valence-electron chi connectivity index (χ1n) is 6.42. The van der Waals surface area contributed by atoms with E-state index in [-0.39, 0.29) is 11.3 Å². The number of alkyl halides is 1. The lowest BCUT2D eigenvalue weighted by atomic mass is 9.95. The van der Waals surface area contributed by atoms with Gasteiger partial charge in [0.1, 0.15) is 5.38 Å². The van der Waals surface area contributed by atoms with Crippen LogP contribution in [0.5, 0.6) is 0 Å². The Kier molecular flexibility index (Phi) is 4.02. The van der Waals surface area contributed by atoms with Gasteiger partial charge in [-0.1, -0.05) is 20.8 Å². The van der Waals surface area contributed by atoms with Crippen molar-refractivity contribution in [2.75, 3.05) is 13.1 Å². The summed E-state index contributed by atoms with van der Waals surface area (Å²) in [6.07, 6.45) is 2.21. The zero-order valence-corrected chi connectivity index (χ0v) is 12.8. The monoisotopic (exact) mass is 285 g/mol. The molecule has 100 valence electrons. The van der Waals surface area contributed by atoms with Crippen molar-refractivity contribution >= 4 is 28.8 Å². The Balaban J connectivity index is 2.11. The first-order chi connectivity index (χ1) is 8.39. The number of amides is 1. The van der Waals surface area contributed by atoms with Crippen LogP contribution in [0.4, 0.5) is 0 Å². The Morgan fingerprint density at radius 3 is 2.44 bits per heavy atom. The molecule has 0 radical (unpaired) electrons. The molecule has 1 unspecified atom stereocenters. The minimum Gasteiger partial charge on any atom is -0.341 e. The maximum absolute atomic E-state index is 12.2. The number of nitrogens with zero attached hydrogens (tertiary/aromatic N) is 1. The topological polar surface area (TPSA) is 20.3 Å². The average molecular weight is 286 g/mol. The second-order valence-electron chi connectivity index (χ2n) is 5.85. The maximum Gasteiger partial charge on any atom is 0.246 e. The summed E-state index contributed by atoms with van der Waals surface area (Å²) in [5.74, 6) is 0.0662. The van der Waals surface area contributed by atoms with E-state index in [9.17, 15) is 4.79 Å². The van der Waals surface area contributed by atoms with E-state index in [1.54, 1.807) is 11.3 Å². The number of carbonyl (C=O) groups excluding carboxylic acids is 1. The molecule has 0 saturated carbocycles. The van der Waals surface area contributed by atoms with E-state index in [4.69, 9.17) is 11.6 Å². The van der Waals surface area contributed by atoms with Crippen molar-refractivity contribution in [3.63, 3.8) is 0 Å². The zero-order chi connectivity index (χ0) is 13.3. The van der Waals surface area contributed by atoms with Gasteiger partial charge >= 0.3 is 0 Å². The minimum atomic E-state index is -0.510. The summed E-state index contributed by atoms with van der Waals surface area (Å²) in [5.41, 5.74) is 0.121. The Morgan fingerprint density at radius 2 is 1.94 bits per heavy atom. The molecule has 1 aromatic heterocycles. The third-order valence-electron chi connectivity index (χ3n) is 3.25. The van der Waals surface area contributed by atoms with E-state index in [1.165, 1.54) is 4.88 Å². The molecule has 1 atom stereocenters. The highest BCUT2D eigenvalue weighted by atomic mass is 35.5. The van der Waals surface area contributed by atoms with Crippen LogP contribution >= 0.6 is 22.9 Å². The van der Waals surface area contributed by atoms with Gasteiger partial charge in [0, 0.05) is 22.8 Å². The van der Waals surface area contributed by atoms with Crippen LogP contribution < -0.4 is 0 Å². The molecular weight excluding hydrogens is 266 g/mol. The van der Waals surface area contributed by atoms with E-state index < -0.39 is 5.38 Å². The summed E-state index contributed by atoms with van der Waals surface area (Å²) < 4.78 is 0. The SMILES string of the molecule is CC(C)(C)c1ccc(C(Cl)C(=O)N2CCCC2)s1. The van der Waals surface area contributed by atoms with Crippen molar-refractivity contribution in [1.82, 2.24) is 4.90 Å². The van der Waals surface area contributed by atoms with Gasteiger partial charge in [0.2, 0.25) is 5.91 Å². The number of carbonyl (C=O) groups is 1. The number of halogens is 1. The molecule has 1 fully saturated rings. The predicted octanol–water partition coefficient (Wildman–Crippen LogP) is 3.95. The summed E-state index contributed by atoms with van der Waals surface area (Å²) in [4.78, 5) is 16.3. The summed E-state index contributed by atoms with van der Waals surface area (Å²) in [6.45, 7) is 8.25. The quantitative estimate of drug-likeness (QED) is 0.754. The summed E-state index contributed by atoms with van der Waals surface area (Å²) in [5, 5.41) is -0.510. The fourth-order valence-electron chi connectivity index (χ4n) is 2.11. The molecule has 0 bridgehead atoms. The van der Waals surface area contributed by atoms with Gasteiger partial charge in [-0.15, -0.1) is 22.9 Å². The lowest BCUT2D eigenvalue weighted by Gasteiger charge is -2.18. The molecule has 0 aliphatic carbocycles. The van der Waals surface area contributed by atoms with Crippen molar-refractivity contribution in [3.05, 3.63) is 21.9 Å². The molecule has 1 saturated heterocycles. The smallest absolute Gasteiger partial charge is 0.246 e. The Labute approximate surface area is 118 Å². The molecule has 0 N–H and O–H groups in total. The van der Waals surface area contributed by atoms with Gasteiger partial charge < -0.3 is 4.90 Å². The predicted molar refractivity (Wildman–Crippen MR) is 77.4 cm³/mol. The zero-order valence-electron chi connectivity index (χ0n) is 11.2. The molecule has 1 amide bonds. The average Bonchev–Trinajstić information content (AvgIpc) is 2.96. The lowest BCUT2D eigenvalue weighted by Crippen LogP contribution is -2.30. The lowest BCUT2D eigenvalue weighted by molar-refractivity contribution is -0.129. The van der Waals surface area contributed by atoms with Crippen LogP contribution in [0.15, 0.2) is 12.1 Å². The van der Waals surface area contributed by atoms with Gasteiger partial charge in [0.25, 0.3) is 0 Å². The largest absolute Gasteiger partial charge is 0.341 e. The number of rotatable bonds is 2. The molecule has 2 nitrogen and oxygen atoms in total. The number of likely N-dealkylation sites (tertiary alicyclic amines) is 1. The van der Waals surface area contributed by atoms with Crippen LogP contribution in [0.25, 0.3) is 0 Å². The van der Waals surface area contributed by atoms with Crippen LogP contribution in [0, 0.1) is 0 Å². The summed E-state index contributed by atoms with van der Waals surface area (Å²) in [6, 6.07) is 4.09. The van der Waals surface area contributed by atoms with Crippen LogP contribution in [-0.4, -0.2) is 23.9 Å². The van der Waals surface area contributed by atoms with E-state index >= 15 is 0 Å². The van der Waals surface area contributed by atoms with Crippen LogP contribution in [0.2, 0.25) is 0 Å². The van der Waals surface area contributed by atoms with E-state index in [0.29, 0.717) is 0 Å². The molecular formula is C14H20ClNOS. The van der Waals surface area contributed by atoms with Crippen molar-refractivity contribution in [1.29, 1.82) is 0 Å². The normalized spacial score (nSPS) is 18.1. The first-order valence-corrected chi connectivity index (χ1v) is 7.68. The third kappa shape index (κ3) is 2.89. The number of thiophene rings is 1. The molecule has 1 aliphatic heterocycles. The standard InChI is InChI=1S/C14H20ClNOS/c1-14(2,3)11-7-6-10(18-11)12(15)13(17)16-8-4-5-9-16/h6-7,12H,4-5,8-9H2,1-3H3. The molecule has 0 aromatic carbocycles. The van der Waals surface area contributed by atoms with Crippen molar-refractivity contribution < 1.29 is 4.79 Å². The Hall–Kier alpha value is -0.540. The van der Waals surface area contributed by atoms with Gasteiger partial charge in [-0.2, -0.15) is 0 Å². The first kappa shape index (κ1) is 13.9. The molecule has 2 rings (SSSR count). The third-order valence-corrected chi connectivity index (χ3v) is 5.38. The molecule has 18 heavy (non-hydrogen) atoms. The highest BCUT2D eigenvalue weighted by Crippen LogP contribution is 2.35. The fourth-order valence-corrected chi connectivity index (χ4v) is 3.49. The van der Waals surface area contributed by atoms with E-state index in [1.807, 2.05) is 11.0 Å². The molecule has 1 aliphatic rings. The highest BCUT2D eigenvalue weighted by molar-refractivity contribution is 7.12.